The third-order valence-electron chi connectivity index (χ3n) is 3.15. The molecule has 2 N–H and O–H groups in total. The summed E-state index contributed by atoms with van der Waals surface area (Å²) in [5.74, 6) is -0.228. The van der Waals surface area contributed by atoms with Gasteiger partial charge in [0.1, 0.15) is 5.82 Å². The first-order chi connectivity index (χ1) is 9.58. The van der Waals surface area contributed by atoms with Gasteiger partial charge in [-0.3, -0.25) is 0 Å². The summed E-state index contributed by atoms with van der Waals surface area (Å²) in [6.45, 7) is 1.21. The van der Waals surface area contributed by atoms with Gasteiger partial charge < -0.3 is 10.6 Å². The summed E-state index contributed by atoms with van der Waals surface area (Å²) in [5, 5.41) is 0.715. The summed E-state index contributed by atoms with van der Waals surface area (Å²) in [6, 6.07) is 12.7. The van der Waals surface area contributed by atoms with Gasteiger partial charge >= 0.3 is 0 Å². The van der Waals surface area contributed by atoms with Gasteiger partial charge in [0, 0.05) is 24.3 Å². The molecule has 2 aromatic carbocycles. The summed E-state index contributed by atoms with van der Waals surface area (Å²) < 4.78 is 13.6. The van der Waals surface area contributed by atoms with Crippen LogP contribution in [0.4, 0.5) is 10.1 Å². The molecule has 0 heterocycles. The van der Waals surface area contributed by atoms with Gasteiger partial charge in [0.2, 0.25) is 0 Å². The molecule has 0 amide bonds. The Morgan fingerprint density at radius 2 is 1.80 bits per heavy atom. The zero-order valence-corrected chi connectivity index (χ0v) is 12.2. The van der Waals surface area contributed by atoms with Gasteiger partial charge in [-0.15, -0.1) is 0 Å². The van der Waals surface area contributed by atoms with Crippen molar-refractivity contribution in [3.05, 3.63) is 64.4 Å². The average Bonchev–Trinajstić information content (AvgIpc) is 2.41. The van der Waals surface area contributed by atoms with E-state index in [0.717, 1.165) is 16.8 Å². The second kappa shape index (κ2) is 6.73. The Kier molecular flexibility index (Phi) is 4.99. The normalized spacial score (nSPS) is 10.6. The summed E-state index contributed by atoms with van der Waals surface area (Å²) in [7, 11) is 1.94. The fourth-order valence-electron chi connectivity index (χ4n) is 2.12. The van der Waals surface area contributed by atoms with Crippen LogP contribution in [0.15, 0.2) is 42.5 Å². The number of halogens is 2. The molecular formula is C16H18ClFN2. The predicted octanol–water partition coefficient (Wildman–Crippen LogP) is 3.62. The molecule has 0 unspecified atom stereocenters. The lowest BCUT2D eigenvalue weighted by atomic mass is 10.1. The van der Waals surface area contributed by atoms with Crippen molar-refractivity contribution in [1.82, 2.24) is 0 Å². The second-order valence-corrected chi connectivity index (χ2v) is 5.28. The lowest BCUT2D eigenvalue weighted by molar-refractivity contribution is 0.624. The molecule has 4 heteroatoms. The number of benzene rings is 2. The molecule has 0 bridgehead atoms. The van der Waals surface area contributed by atoms with Crippen LogP contribution in [0.1, 0.15) is 11.1 Å². The van der Waals surface area contributed by atoms with Crippen LogP contribution < -0.4 is 10.6 Å². The lowest BCUT2D eigenvalue weighted by Gasteiger charge is -2.20. The van der Waals surface area contributed by atoms with E-state index in [9.17, 15) is 4.39 Å². The summed E-state index contributed by atoms with van der Waals surface area (Å²) >= 11 is 5.87. The Hall–Kier alpha value is -1.58. The van der Waals surface area contributed by atoms with Crippen LogP contribution in [-0.4, -0.2) is 13.6 Å². The molecule has 0 aliphatic rings. The molecule has 2 nitrogen and oxygen atoms in total. The minimum atomic E-state index is -0.228. The molecule has 0 radical (unpaired) electrons. The maximum atomic E-state index is 13.6. The third kappa shape index (κ3) is 3.95. The minimum absolute atomic E-state index is 0.228. The number of nitrogens with zero attached hydrogens (tertiary/aromatic N) is 1. The maximum Gasteiger partial charge on any atom is 0.125 e. The van der Waals surface area contributed by atoms with Crippen LogP contribution in [0.5, 0.6) is 0 Å². The van der Waals surface area contributed by atoms with Crippen molar-refractivity contribution in [2.45, 2.75) is 13.0 Å². The maximum absolute atomic E-state index is 13.6. The SMILES string of the molecule is CN(Cc1ccc(Cl)cc1)c1cc(F)cc(CCN)c1. The Morgan fingerprint density at radius 1 is 1.10 bits per heavy atom. The van der Waals surface area contributed by atoms with E-state index in [1.165, 1.54) is 12.1 Å². The fourth-order valence-corrected chi connectivity index (χ4v) is 2.25. The van der Waals surface area contributed by atoms with Gasteiger partial charge in [0.05, 0.1) is 0 Å². The molecule has 2 aromatic rings. The van der Waals surface area contributed by atoms with Crippen LogP contribution in [0.3, 0.4) is 0 Å². The van der Waals surface area contributed by atoms with E-state index in [0.29, 0.717) is 24.5 Å². The van der Waals surface area contributed by atoms with Crippen LogP contribution in [0.2, 0.25) is 5.02 Å². The topological polar surface area (TPSA) is 29.3 Å². The highest BCUT2D eigenvalue weighted by molar-refractivity contribution is 6.30. The first kappa shape index (κ1) is 14.8. The quantitative estimate of drug-likeness (QED) is 0.912. The van der Waals surface area contributed by atoms with E-state index in [1.807, 2.05) is 42.3 Å². The Bertz CT molecular complexity index is 569. The van der Waals surface area contributed by atoms with Crippen molar-refractivity contribution in [2.24, 2.45) is 5.73 Å². The molecular weight excluding hydrogens is 275 g/mol. The first-order valence-corrected chi connectivity index (χ1v) is 6.91. The van der Waals surface area contributed by atoms with E-state index in [-0.39, 0.29) is 5.82 Å². The van der Waals surface area contributed by atoms with Crippen molar-refractivity contribution in [3.63, 3.8) is 0 Å². The number of rotatable bonds is 5. The molecule has 106 valence electrons. The zero-order chi connectivity index (χ0) is 14.5. The number of hydrogen-bond donors (Lipinski definition) is 1. The smallest absolute Gasteiger partial charge is 0.125 e. The standard InChI is InChI=1S/C16H18ClFN2/c1-20(11-12-2-4-14(17)5-3-12)16-9-13(6-7-19)8-15(18)10-16/h2-5,8-10H,6-7,11,19H2,1H3. The van der Waals surface area contributed by atoms with Gasteiger partial charge in [0.25, 0.3) is 0 Å². The monoisotopic (exact) mass is 292 g/mol. The highest BCUT2D eigenvalue weighted by atomic mass is 35.5. The predicted molar refractivity (Wildman–Crippen MR) is 82.7 cm³/mol. The summed E-state index contributed by atoms with van der Waals surface area (Å²) in [5.41, 5.74) is 8.42. The van der Waals surface area contributed by atoms with E-state index in [1.54, 1.807) is 0 Å². The van der Waals surface area contributed by atoms with Crippen molar-refractivity contribution < 1.29 is 4.39 Å². The summed E-state index contributed by atoms with van der Waals surface area (Å²) in [4.78, 5) is 2.01. The van der Waals surface area contributed by atoms with Crippen LogP contribution in [0, 0.1) is 5.82 Å². The van der Waals surface area contributed by atoms with Gasteiger partial charge in [-0.2, -0.15) is 0 Å². The van der Waals surface area contributed by atoms with E-state index < -0.39 is 0 Å². The first-order valence-electron chi connectivity index (χ1n) is 6.53. The van der Waals surface area contributed by atoms with E-state index >= 15 is 0 Å². The minimum Gasteiger partial charge on any atom is -0.370 e. The number of nitrogens with two attached hydrogens (primary N) is 1. The fraction of sp³-hybridized carbons (Fsp3) is 0.250. The summed E-state index contributed by atoms with van der Waals surface area (Å²) in [6.07, 6.45) is 0.680. The molecule has 20 heavy (non-hydrogen) atoms. The van der Waals surface area contributed by atoms with Crippen LogP contribution >= 0.6 is 11.6 Å². The number of hydrogen-bond acceptors (Lipinski definition) is 2. The second-order valence-electron chi connectivity index (χ2n) is 4.84. The highest BCUT2D eigenvalue weighted by Gasteiger charge is 2.06. The Labute approximate surface area is 124 Å². The van der Waals surface area contributed by atoms with Gasteiger partial charge in [-0.1, -0.05) is 23.7 Å². The molecule has 0 saturated heterocycles. The third-order valence-corrected chi connectivity index (χ3v) is 3.40. The van der Waals surface area contributed by atoms with E-state index in [2.05, 4.69) is 0 Å². The van der Waals surface area contributed by atoms with Crippen molar-refractivity contribution >= 4 is 17.3 Å². The van der Waals surface area contributed by atoms with Crippen LogP contribution in [-0.2, 0) is 13.0 Å². The molecule has 0 aromatic heterocycles. The largest absolute Gasteiger partial charge is 0.370 e. The lowest BCUT2D eigenvalue weighted by Crippen LogP contribution is -2.17. The molecule has 2 rings (SSSR count). The van der Waals surface area contributed by atoms with E-state index in [4.69, 9.17) is 17.3 Å². The zero-order valence-electron chi connectivity index (χ0n) is 11.4. The molecule has 0 aliphatic heterocycles. The number of anilines is 1. The Morgan fingerprint density at radius 3 is 2.45 bits per heavy atom. The average molecular weight is 293 g/mol. The molecule has 0 spiro atoms. The van der Waals surface area contributed by atoms with Crippen molar-refractivity contribution in [1.29, 1.82) is 0 Å². The Balaban J connectivity index is 2.15. The van der Waals surface area contributed by atoms with Gasteiger partial charge in [0.15, 0.2) is 0 Å². The molecule has 0 saturated carbocycles. The molecule has 0 atom stereocenters. The van der Waals surface area contributed by atoms with Gasteiger partial charge in [-0.05, 0) is 54.4 Å². The van der Waals surface area contributed by atoms with Crippen LogP contribution in [0.25, 0.3) is 0 Å². The van der Waals surface area contributed by atoms with Gasteiger partial charge in [-0.25, -0.2) is 4.39 Å². The highest BCUT2D eigenvalue weighted by Crippen LogP contribution is 2.20. The molecule has 0 fully saturated rings. The van der Waals surface area contributed by atoms with Crippen molar-refractivity contribution in [3.8, 4) is 0 Å². The molecule has 0 aliphatic carbocycles. The van der Waals surface area contributed by atoms with Crippen molar-refractivity contribution in [2.75, 3.05) is 18.5 Å².